The minimum Gasteiger partial charge on any atom is -0.326 e. The van der Waals surface area contributed by atoms with E-state index in [1.54, 1.807) is 6.20 Å². The number of hydrogen-bond acceptors (Lipinski definition) is 5. The highest BCUT2D eigenvalue weighted by Crippen LogP contribution is 2.21. The van der Waals surface area contributed by atoms with Crippen LogP contribution >= 0.6 is 0 Å². The highest BCUT2D eigenvalue weighted by atomic mass is 32.2. The van der Waals surface area contributed by atoms with Gasteiger partial charge in [-0.25, -0.2) is 8.42 Å². The Hall–Kier alpha value is -0.980. The van der Waals surface area contributed by atoms with Crippen LogP contribution in [0.3, 0.4) is 0 Å². The molecule has 2 atom stereocenters. The first-order chi connectivity index (χ1) is 8.85. The van der Waals surface area contributed by atoms with Crippen molar-refractivity contribution in [3.8, 4) is 0 Å². The van der Waals surface area contributed by atoms with Crippen molar-refractivity contribution in [2.45, 2.75) is 25.4 Å². The lowest BCUT2D eigenvalue weighted by atomic mass is 10.0. The molecule has 0 bridgehead atoms. The molecule has 19 heavy (non-hydrogen) atoms. The molecule has 5 nitrogen and oxygen atoms in total. The molecule has 0 saturated heterocycles. The fourth-order valence-electron chi connectivity index (χ4n) is 2.00. The molecular weight excluding hydrogens is 262 g/mol. The van der Waals surface area contributed by atoms with E-state index in [1.807, 2.05) is 37.1 Å². The summed E-state index contributed by atoms with van der Waals surface area (Å²) in [5, 5.41) is 0. The predicted octanol–water partition coefficient (Wildman–Crippen LogP) is 0.836. The average Bonchev–Trinajstić information content (AvgIpc) is 2.37. The first-order valence-electron chi connectivity index (χ1n) is 6.39. The van der Waals surface area contributed by atoms with Crippen molar-refractivity contribution in [1.29, 1.82) is 0 Å². The van der Waals surface area contributed by atoms with Gasteiger partial charge < -0.3 is 5.73 Å². The van der Waals surface area contributed by atoms with E-state index in [0.717, 1.165) is 12.1 Å². The molecular formula is C13H23N3O2S. The van der Waals surface area contributed by atoms with Crippen molar-refractivity contribution in [3.63, 3.8) is 0 Å². The number of aromatic nitrogens is 1. The van der Waals surface area contributed by atoms with Gasteiger partial charge in [-0.1, -0.05) is 13.0 Å². The van der Waals surface area contributed by atoms with Crippen LogP contribution in [-0.4, -0.2) is 49.9 Å². The van der Waals surface area contributed by atoms with Crippen LogP contribution in [-0.2, 0) is 9.84 Å². The van der Waals surface area contributed by atoms with Crippen molar-refractivity contribution in [1.82, 2.24) is 9.88 Å². The quantitative estimate of drug-likeness (QED) is 0.803. The highest BCUT2D eigenvalue weighted by molar-refractivity contribution is 7.90. The number of pyridine rings is 1. The second-order valence-corrected chi connectivity index (χ2v) is 7.14. The Kier molecular flexibility index (Phi) is 5.90. The second-order valence-electron chi connectivity index (χ2n) is 4.88. The van der Waals surface area contributed by atoms with Gasteiger partial charge in [0, 0.05) is 25.0 Å². The molecule has 1 aromatic rings. The molecule has 0 spiro atoms. The van der Waals surface area contributed by atoms with Gasteiger partial charge in [-0.05, 0) is 25.6 Å². The van der Waals surface area contributed by atoms with Crippen molar-refractivity contribution in [2.24, 2.45) is 5.73 Å². The summed E-state index contributed by atoms with van der Waals surface area (Å²) in [6, 6.07) is 5.57. The van der Waals surface area contributed by atoms with Crippen molar-refractivity contribution >= 4 is 9.84 Å². The number of nitrogens with zero attached hydrogens (tertiary/aromatic N) is 2. The molecule has 0 amide bonds. The van der Waals surface area contributed by atoms with Crippen LogP contribution in [0, 0.1) is 0 Å². The van der Waals surface area contributed by atoms with Crippen molar-refractivity contribution in [2.75, 3.05) is 25.6 Å². The molecule has 0 radical (unpaired) electrons. The van der Waals surface area contributed by atoms with E-state index in [2.05, 4.69) is 4.98 Å². The largest absolute Gasteiger partial charge is 0.326 e. The maximum Gasteiger partial charge on any atom is 0.148 e. The minimum atomic E-state index is -2.97. The van der Waals surface area contributed by atoms with Crippen LogP contribution < -0.4 is 5.73 Å². The van der Waals surface area contributed by atoms with Gasteiger partial charge in [-0.15, -0.1) is 0 Å². The van der Waals surface area contributed by atoms with Gasteiger partial charge in [-0.2, -0.15) is 0 Å². The summed E-state index contributed by atoms with van der Waals surface area (Å²) >= 11 is 0. The highest BCUT2D eigenvalue weighted by Gasteiger charge is 2.24. The molecule has 0 aliphatic rings. The predicted molar refractivity (Wildman–Crippen MR) is 77.6 cm³/mol. The first kappa shape index (κ1) is 16.1. The van der Waals surface area contributed by atoms with E-state index < -0.39 is 9.84 Å². The molecule has 1 aromatic heterocycles. The number of sulfone groups is 1. The fraction of sp³-hybridized carbons (Fsp3) is 0.615. The third-order valence-electron chi connectivity index (χ3n) is 3.16. The Labute approximate surface area is 115 Å². The van der Waals surface area contributed by atoms with Crippen LogP contribution in [0.5, 0.6) is 0 Å². The summed E-state index contributed by atoms with van der Waals surface area (Å²) in [7, 11) is -1.08. The normalized spacial score (nSPS) is 15.4. The molecule has 0 fully saturated rings. The summed E-state index contributed by atoms with van der Waals surface area (Å²) in [5.74, 6) is 0.128. The van der Waals surface area contributed by atoms with Crippen LogP contribution in [0.15, 0.2) is 24.4 Å². The minimum absolute atomic E-state index is 0.0621. The zero-order valence-electron chi connectivity index (χ0n) is 11.8. The molecule has 2 unspecified atom stereocenters. The monoisotopic (exact) mass is 285 g/mol. The Morgan fingerprint density at radius 1 is 1.42 bits per heavy atom. The molecule has 0 aromatic carbocycles. The smallest absolute Gasteiger partial charge is 0.148 e. The van der Waals surface area contributed by atoms with E-state index in [4.69, 9.17) is 5.73 Å². The van der Waals surface area contributed by atoms with Crippen LogP contribution in [0.4, 0.5) is 0 Å². The molecule has 0 aliphatic carbocycles. The Bertz CT molecular complexity index is 476. The first-order valence-corrected chi connectivity index (χ1v) is 8.45. The number of nitrogens with two attached hydrogens (primary N) is 1. The van der Waals surface area contributed by atoms with Crippen LogP contribution in [0.25, 0.3) is 0 Å². The molecule has 0 aliphatic heterocycles. The molecule has 0 saturated carbocycles. The summed E-state index contributed by atoms with van der Waals surface area (Å²) in [4.78, 5) is 6.31. The van der Waals surface area contributed by atoms with E-state index in [1.165, 1.54) is 6.26 Å². The molecule has 2 N–H and O–H groups in total. The van der Waals surface area contributed by atoms with Crippen LogP contribution in [0.1, 0.15) is 25.1 Å². The van der Waals surface area contributed by atoms with Gasteiger partial charge in [-0.3, -0.25) is 9.88 Å². The number of hydrogen-bond donors (Lipinski definition) is 1. The van der Waals surface area contributed by atoms with Gasteiger partial charge in [0.25, 0.3) is 0 Å². The summed E-state index contributed by atoms with van der Waals surface area (Å²) < 4.78 is 22.5. The number of rotatable bonds is 7. The topological polar surface area (TPSA) is 76.3 Å². The maximum atomic E-state index is 11.3. The van der Waals surface area contributed by atoms with Gasteiger partial charge in [0.2, 0.25) is 0 Å². The third kappa shape index (κ3) is 5.26. The van der Waals surface area contributed by atoms with E-state index in [9.17, 15) is 8.42 Å². The summed E-state index contributed by atoms with van der Waals surface area (Å²) in [5.41, 5.74) is 7.04. The van der Waals surface area contributed by atoms with E-state index in [-0.39, 0.29) is 17.8 Å². The summed E-state index contributed by atoms with van der Waals surface area (Å²) in [6.07, 6.45) is 3.79. The third-order valence-corrected chi connectivity index (χ3v) is 4.08. The zero-order chi connectivity index (χ0) is 14.5. The standard InChI is InChI=1S/C13H23N3O2S/c1-4-11(14)13(12-7-5-6-8-15-12)16(2)9-10-19(3,17)18/h5-8,11,13H,4,9-10,14H2,1-3H3. The van der Waals surface area contributed by atoms with Gasteiger partial charge in [0.15, 0.2) is 0 Å². The van der Waals surface area contributed by atoms with E-state index in [0.29, 0.717) is 6.54 Å². The van der Waals surface area contributed by atoms with Gasteiger partial charge in [0.05, 0.1) is 17.5 Å². The molecule has 6 heteroatoms. The lowest BCUT2D eigenvalue weighted by Crippen LogP contribution is -2.41. The SMILES string of the molecule is CCC(N)C(c1ccccn1)N(C)CCS(C)(=O)=O. The lowest BCUT2D eigenvalue weighted by molar-refractivity contribution is 0.216. The van der Waals surface area contributed by atoms with Gasteiger partial charge >= 0.3 is 0 Å². The average molecular weight is 285 g/mol. The lowest BCUT2D eigenvalue weighted by Gasteiger charge is -2.31. The molecule has 1 rings (SSSR count). The Morgan fingerprint density at radius 2 is 2.11 bits per heavy atom. The maximum absolute atomic E-state index is 11.3. The van der Waals surface area contributed by atoms with Crippen molar-refractivity contribution in [3.05, 3.63) is 30.1 Å². The second kappa shape index (κ2) is 6.98. The zero-order valence-corrected chi connectivity index (χ0v) is 12.6. The van der Waals surface area contributed by atoms with E-state index >= 15 is 0 Å². The molecule has 1 heterocycles. The summed E-state index contributed by atoms with van der Waals surface area (Å²) in [6.45, 7) is 2.47. The molecule has 108 valence electrons. The fourth-order valence-corrected chi connectivity index (χ4v) is 2.61. The number of likely N-dealkylation sites (N-methyl/N-ethyl adjacent to an activating group) is 1. The van der Waals surface area contributed by atoms with Crippen molar-refractivity contribution < 1.29 is 8.42 Å². The Morgan fingerprint density at radius 3 is 2.58 bits per heavy atom. The van der Waals surface area contributed by atoms with Crippen LogP contribution in [0.2, 0.25) is 0 Å². The Balaban J connectivity index is 2.86. The van der Waals surface area contributed by atoms with Gasteiger partial charge in [0.1, 0.15) is 9.84 Å².